The molecule has 280 valence electrons. The molecule has 0 fully saturated rings. The van der Waals surface area contributed by atoms with Crippen molar-refractivity contribution in [2.45, 2.75) is 19.3 Å². The zero-order valence-corrected chi connectivity index (χ0v) is 33.2. The molecule has 1 heterocycles. The van der Waals surface area contributed by atoms with Crippen molar-refractivity contribution in [2.75, 3.05) is 9.80 Å². The normalized spacial score (nSPS) is 13.0. The van der Waals surface area contributed by atoms with Crippen LogP contribution in [0.5, 0.6) is 0 Å². The van der Waals surface area contributed by atoms with Crippen LogP contribution in [-0.4, -0.2) is 0 Å². The van der Waals surface area contributed by atoms with Gasteiger partial charge in [0.05, 0.1) is 17.1 Å². The molecule has 0 saturated carbocycles. The molecule has 0 amide bonds. The van der Waals surface area contributed by atoms with Crippen molar-refractivity contribution in [3.8, 4) is 22.3 Å². The summed E-state index contributed by atoms with van der Waals surface area (Å²) in [7, 11) is 0. The number of rotatable bonds is 6. The second kappa shape index (κ2) is 13.9. The van der Waals surface area contributed by atoms with Crippen LogP contribution in [0.4, 0.5) is 34.1 Å². The average Bonchev–Trinajstić information content (AvgIpc) is 3.29. The van der Waals surface area contributed by atoms with Crippen LogP contribution in [0.15, 0.2) is 218 Å². The third-order valence-corrected chi connectivity index (χ3v) is 12.4. The summed E-state index contributed by atoms with van der Waals surface area (Å²) in [4.78, 5) is 4.91. The zero-order chi connectivity index (χ0) is 39.5. The third kappa shape index (κ3) is 5.79. The van der Waals surface area contributed by atoms with Crippen molar-refractivity contribution in [1.82, 2.24) is 0 Å². The van der Waals surface area contributed by atoms with Gasteiger partial charge in [0.2, 0.25) is 0 Å². The molecule has 0 bridgehead atoms. The van der Waals surface area contributed by atoms with Gasteiger partial charge >= 0.3 is 0 Å². The molecular weight excluding hydrogens is 713 g/mol. The Balaban J connectivity index is 1.10. The number of benzene rings is 10. The van der Waals surface area contributed by atoms with Crippen molar-refractivity contribution >= 4 is 66.4 Å². The number of anilines is 6. The van der Waals surface area contributed by atoms with Crippen molar-refractivity contribution in [3.05, 3.63) is 230 Å². The molecule has 0 radical (unpaired) electrons. The molecule has 2 heteroatoms. The predicted octanol–water partition coefficient (Wildman–Crippen LogP) is 16.1. The minimum absolute atomic E-state index is 0.285. The Bertz CT molecular complexity index is 3200. The Morgan fingerprint density at radius 2 is 0.932 bits per heavy atom. The number of para-hydroxylation sites is 2. The van der Waals surface area contributed by atoms with Crippen LogP contribution in [0.3, 0.4) is 0 Å². The van der Waals surface area contributed by atoms with E-state index in [4.69, 9.17) is 0 Å². The van der Waals surface area contributed by atoms with Gasteiger partial charge in [-0.2, -0.15) is 0 Å². The van der Waals surface area contributed by atoms with Crippen LogP contribution in [0.25, 0.3) is 54.6 Å². The van der Waals surface area contributed by atoms with Gasteiger partial charge in [0.15, 0.2) is 0 Å². The predicted molar refractivity (Wildman–Crippen MR) is 251 cm³/mol. The van der Waals surface area contributed by atoms with Gasteiger partial charge < -0.3 is 9.80 Å². The fourth-order valence-electron chi connectivity index (χ4n) is 9.54. The second-order valence-corrected chi connectivity index (χ2v) is 16.2. The van der Waals surface area contributed by atoms with Gasteiger partial charge in [-0.3, -0.25) is 0 Å². The Labute approximate surface area is 345 Å². The molecule has 0 unspecified atom stereocenters. The molecule has 0 aromatic heterocycles. The number of fused-ring (bicyclic) bond motifs is 5. The molecule has 0 saturated heterocycles. The number of hydrogen-bond donors (Lipinski definition) is 0. The van der Waals surface area contributed by atoms with Gasteiger partial charge in [0.1, 0.15) is 0 Å². The van der Waals surface area contributed by atoms with E-state index in [9.17, 15) is 0 Å². The summed E-state index contributed by atoms with van der Waals surface area (Å²) >= 11 is 0. The van der Waals surface area contributed by atoms with Crippen molar-refractivity contribution in [1.29, 1.82) is 0 Å². The molecule has 11 rings (SSSR count). The minimum atomic E-state index is -0.285. The highest BCUT2D eigenvalue weighted by atomic mass is 15.2. The van der Waals surface area contributed by atoms with Crippen molar-refractivity contribution in [3.63, 3.8) is 0 Å². The fourth-order valence-corrected chi connectivity index (χ4v) is 9.54. The SMILES string of the molecule is CC1(C)c2ccccc2N(c2c(-c3ccc4ccccc4c3)ccc3ccccc23)c2cccc(-c3ccc(N(c4ccccc4)c4ccc5ccccc5c4)cc3)c21. The highest BCUT2D eigenvalue weighted by Crippen LogP contribution is 2.57. The largest absolute Gasteiger partial charge is 0.310 e. The quantitative estimate of drug-likeness (QED) is 0.167. The topological polar surface area (TPSA) is 6.48 Å². The van der Waals surface area contributed by atoms with Crippen LogP contribution >= 0.6 is 0 Å². The van der Waals surface area contributed by atoms with E-state index in [1.54, 1.807) is 0 Å². The molecule has 10 aromatic carbocycles. The Kier molecular flexibility index (Phi) is 8.20. The van der Waals surface area contributed by atoms with Crippen molar-refractivity contribution < 1.29 is 0 Å². The maximum atomic E-state index is 2.55. The van der Waals surface area contributed by atoms with Gasteiger partial charge in [-0.15, -0.1) is 0 Å². The molecule has 0 spiro atoms. The maximum absolute atomic E-state index is 2.55. The average molecular weight is 755 g/mol. The van der Waals surface area contributed by atoms with E-state index < -0.39 is 0 Å². The summed E-state index contributed by atoms with van der Waals surface area (Å²) in [6.45, 7) is 4.79. The Morgan fingerprint density at radius 1 is 0.373 bits per heavy atom. The summed E-state index contributed by atoms with van der Waals surface area (Å²) in [5, 5.41) is 7.39. The van der Waals surface area contributed by atoms with Crippen LogP contribution in [-0.2, 0) is 5.41 Å². The molecule has 1 aliphatic rings. The summed E-state index contributed by atoms with van der Waals surface area (Å²) in [6, 6.07) is 80.0. The first kappa shape index (κ1) is 34.8. The molecule has 0 aliphatic carbocycles. The van der Waals surface area contributed by atoms with Crippen LogP contribution in [0.1, 0.15) is 25.0 Å². The minimum Gasteiger partial charge on any atom is -0.310 e. The Morgan fingerprint density at radius 3 is 1.71 bits per heavy atom. The molecule has 0 N–H and O–H groups in total. The zero-order valence-electron chi connectivity index (χ0n) is 33.2. The first-order valence-corrected chi connectivity index (χ1v) is 20.5. The standard InChI is InChI=1S/C57H42N2/c1-57(2)52-24-12-13-25-53(52)59(56-50-22-11-10-17-41(50)32-36-51(56)45-28-27-39-15-6-8-18-43(39)37-45)54-26-14-23-49(55(54)57)42-30-33-47(34-31-42)58(46-20-4-3-5-21-46)48-35-29-40-16-7-9-19-44(40)38-48/h3-38H,1-2H3. The third-order valence-electron chi connectivity index (χ3n) is 12.4. The van der Waals surface area contributed by atoms with E-state index >= 15 is 0 Å². The molecule has 1 aliphatic heterocycles. The van der Waals surface area contributed by atoms with E-state index in [1.807, 2.05) is 0 Å². The van der Waals surface area contributed by atoms with E-state index in [0.29, 0.717) is 0 Å². The van der Waals surface area contributed by atoms with Crippen molar-refractivity contribution in [2.24, 2.45) is 0 Å². The lowest BCUT2D eigenvalue weighted by atomic mass is 9.70. The van der Waals surface area contributed by atoms with Gasteiger partial charge in [-0.05, 0) is 109 Å². The molecular formula is C57H42N2. The van der Waals surface area contributed by atoms with E-state index in [-0.39, 0.29) is 5.41 Å². The lowest BCUT2D eigenvalue weighted by Gasteiger charge is -2.44. The molecule has 10 aromatic rings. The monoisotopic (exact) mass is 754 g/mol. The van der Waals surface area contributed by atoms with E-state index in [2.05, 4.69) is 242 Å². The molecule has 0 atom stereocenters. The molecule has 2 nitrogen and oxygen atoms in total. The van der Waals surface area contributed by atoms with Gasteiger partial charge in [-0.25, -0.2) is 0 Å². The van der Waals surface area contributed by atoms with Gasteiger partial charge in [0, 0.05) is 33.4 Å². The summed E-state index contributed by atoms with van der Waals surface area (Å²) < 4.78 is 0. The van der Waals surface area contributed by atoms with Gasteiger partial charge in [-0.1, -0.05) is 178 Å². The highest BCUT2D eigenvalue weighted by molar-refractivity contribution is 6.08. The fraction of sp³-hybridized carbons (Fsp3) is 0.0526. The second-order valence-electron chi connectivity index (χ2n) is 16.2. The van der Waals surface area contributed by atoms with E-state index in [1.165, 1.54) is 82.8 Å². The summed E-state index contributed by atoms with van der Waals surface area (Å²) in [5.41, 5.74) is 14.2. The summed E-state index contributed by atoms with van der Waals surface area (Å²) in [6.07, 6.45) is 0. The lowest BCUT2D eigenvalue weighted by Crippen LogP contribution is -2.31. The lowest BCUT2D eigenvalue weighted by molar-refractivity contribution is 0.634. The van der Waals surface area contributed by atoms with Crippen LogP contribution in [0.2, 0.25) is 0 Å². The first-order valence-electron chi connectivity index (χ1n) is 20.5. The van der Waals surface area contributed by atoms with Gasteiger partial charge in [0.25, 0.3) is 0 Å². The number of hydrogen-bond acceptors (Lipinski definition) is 2. The van der Waals surface area contributed by atoms with Crippen LogP contribution in [0, 0.1) is 0 Å². The first-order chi connectivity index (χ1) is 29.0. The maximum Gasteiger partial charge on any atom is 0.0618 e. The Hall–Kier alpha value is -7.42. The summed E-state index contributed by atoms with van der Waals surface area (Å²) in [5.74, 6) is 0. The highest BCUT2D eigenvalue weighted by Gasteiger charge is 2.39. The van der Waals surface area contributed by atoms with Crippen LogP contribution < -0.4 is 9.80 Å². The smallest absolute Gasteiger partial charge is 0.0618 e. The molecule has 59 heavy (non-hydrogen) atoms. The van der Waals surface area contributed by atoms with E-state index in [0.717, 1.165) is 17.1 Å². The number of nitrogens with zero attached hydrogens (tertiary/aromatic N) is 2.